The molecule has 0 aliphatic carbocycles. The molecule has 0 amide bonds. The largest absolute Gasteiger partial charge is 0.358 e. The van der Waals surface area contributed by atoms with E-state index in [1.54, 1.807) is 0 Å². The van der Waals surface area contributed by atoms with Crippen LogP contribution in [0.1, 0.15) is 25.7 Å². The van der Waals surface area contributed by atoms with Crippen LogP contribution in [0.3, 0.4) is 0 Å². The monoisotopic (exact) mass is 150 g/mol. The Morgan fingerprint density at radius 2 is 2.00 bits per heavy atom. The fourth-order valence-electron chi connectivity index (χ4n) is 0.618. The van der Waals surface area contributed by atoms with Gasteiger partial charge in [-0.05, 0) is 30.9 Å². The average Bonchev–Trinajstić information content (AvgIpc) is 1.80. The predicted octanol–water partition coefficient (Wildman–Crippen LogP) is 0.554. The summed E-state index contributed by atoms with van der Waals surface area (Å²) < 4.78 is 0. The third kappa shape index (κ3) is 7.92. The molecule has 0 aromatic rings. The second-order valence-corrected chi connectivity index (χ2v) is 2.44. The van der Waals surface area contributed by atoms with Crippen molar-refractivity contribution in [1.82, 2.24) is 0 Å². The van der Waals surface area contributed by atoms with Gasteiger partial charge in [0.05, 0.1) is 6.54 Å². The molecule has 3 heteroatoms. The summed E-state index contributed by atoms with van der Waals surface area (Å²) in [7, 11) is 0. The smallest absolute Gasteiger partial charge is 0.221 e. The van der Waals surface area contributed by atoms with Crippen LogP contribution in [0, 0.1) is 0 Å². The normalized spacial score (nSPS) is 9.56. The van der Waals surface area contributed by atoms with Gasteiger partial charge in [-0.15, -0.1) is 0 Å². The van der Waals surface area contributed by atoms with Crippen LogP contribution in [-0.4, -0.2) is 11.8 Å². The van der Waals surface area contributed by atoms with Gasteiger partial charge in [0.2, 0.25) is 5.24 Å². The second kappa shape index (κ2) is 6.05. The van der Waals surface area contributed by atoms with Crippen molar-refractivity contribution in [2.24, 2.45) is 0 Å². The van der Waals surface area contributed by atoms with Crippen molar-refractivity contribution < 1.29 is 10.5 Å². The number of carbonyl (C=O) groups is 1. The molecule has 0 spiro atoms. The minimum absolute atomic E-state index is 0.223. The first-order valence-electron chi connectivity index (χ1n) is 3.25. The minimum Gasteiger partial charge on any atom is -0.358 e. The number of carbonyl (C=O) groups excluding carboxylic acids is 1. The summed E-state index contributed by atoms with van der Waals surface area (Å²) in [6.45, 7) is 0.955. The van der Waals surface area contributed by atoms with Gasteiger partial charge in [-0.2, -0.15) is 0 Å². The molecule has 0 saturated carbocycles. The quantitative estimate of drug-likeness (QED) is 0.452. The van der Waals surface area contributed by atoms with Crippen LogP contribution < -0.4 is 5.73 Å². The van der Waals surface area contributed by atoms with Gasteiger partial charge in [0.1, 0.15) is 0 Å². The molecule has 3 N–H and O–H groups in total. The third-order valence-corrected chi connectivity index (χ3v) is 1.31. The lowest BCUT2D eigenvalue weighted by Crippen LogP contribution is -2.50. The van der Waals surface area contributed by atoms with Gasteiger partial charge in [0, 0.05) is 6.42 Å². The van der Waals surface area contributed by atoms with E-state index < -0.39 is 0 Å². The highest BCUT2D eigenvalue weighted by atomic mass is 35.5. The molecule has 0 heterocycles. The molecule has 2 nitrogen and oxygen atoms in total. The van der Waals surface area contributed by atoms with Crippen molar-refractivity contribution in [3.8, 4) is 0 Å². The van der Waals surface area contributed by atoms with Gasteiger partial charge in [-0.3, -0.25) is 4.79 Å². The zero-order valence-electron chi connectivity index (χ0n) is 5.53. The minimum atomic E-state index is -0.223. The molecule has 0 bridgehead atoms. The second-order valence-electron chi connectivity index (χ2n) is 2.02. The van der Waals surface area contributed by atoms with E-state index in [0.29, 0.717) is 6.42 Å². The highest BCUT2D eigenvalue weighted by molar-refractivity contribution is 6.63. The molecular formula is C6H13ClNO+. The average molecular weight is 151 g/mol. The van der Waals surface area contributed by atoms with E-state index in [1.807, 2.05) is 0 Å². The van der Waals surface area contributed by atoms with Crippen LogP contribution in [-0.2, 0) is 4.79 Å². The highest BCUT2D eigenvalue weighted by Gasteiger charge is 1.94. The number of hydrogen-bond donors (Lipinski definition) is 1. The standard InChI is InChI=1S/C6H12ClNO/c7-6(9)4-2-1-3-5-8/h1-5,8H2/p+1. The van der Waals surface area contributed by atoms with Crippen LogP contribution >= 0.6 is 11.6 Å². The number of unbranched alkanes of at least 4 members (excludes halogenated alkanes) is 2. The van der Waals surface area contributed by atoms with Crippen molar-refractivity contribution in [1.29, 1.82) is 0 Å². The first kappa shape index (κ1) is 8.92. The van der Waals surface area contributed by atoms with Gasteiger partial charge in [0.25, 0.3) is 0 Å². The molecule has 0 aliphatic heterocycles. The summed E-state index contributed by atoms with van der Waals surface area (Å²) in [5.74, 6) is 0. The predicted molar refractivity (Wildman–Crippen MR) is 37.1 cm³/mol. The van der Waals surface area contributed by atoms with Crippen LogP contribution in [0.5, 0.6) is 0 Å². The van der Waals surface area contributed by atoms with Gasteiger partial charge in [0.15, 0.2) is 0 Å². The van der Waals surface area contributed by atoms with Crippen molar-refractivity contribution in [2.75, 3.05) is 6.54 Å². The first-order chi connectivity index (χ1) is 4.27. The number of hydrogen-bond acceptors (Lipinski definition) is 1. The Bertz CT molecular complexity index is 85.1. The van der Waals surface area contributed by atoms with Gasteiger partial charge >= 0.3 is 0 Å². The fraction of sp³-hybridized carbons (Fsp3) is 0.833. The Hall–Kier alpha value is -0.0800. The maximum atomic E-state index is 10.2. The Kier molecular flexibility index (Phi) is 5.99. The van der Waals surface area contributed by atoms with Crippen LogP contribution in [0.15, 0.2) is 0 Å². The van der Waals surface area contributed by atoms with E-state index in [0.717, 1.165) is 25.8 Å². The Morgan fingerprint density at radius 3 is 2.44 bits per heavy atom. The molecule has 0 aliphatic rings. The lowest BCUT2D eigenvalue weighted by Gasteiger charge is -1.91. The lowest BCUT2D eigenvalue weighted by atomic mass is 10.2. The van der Waals surface area contributed by atoms with E-state index in [9.17, 15) is 4.79 Å². The summed E-state index contributed by atoms with van der Waals surface area (Å²) in [4.78, 5) is 10.2. The van der Waals surface area contributed by atoms with Crippen LogP contribution in [0.4, 0.5) is 0 Å². The third-order valence-electron chi connectivity index (χ3n) is 1.12. The van der Waals surface area contributed by atoms with Crippen molar-refractivity contribution in [3.05, 3.63) is 0 Å². The molecule has 9 heavy (non-hydrogen) atoms. The summed E-state index contributed by atoms with van der Waals surface area (Å²) in [6, 6.07) is 0. The zero-order chi connectivity index (χ0) is 7.11. The molecule has 0 unspecified atom stereocenters. The Labute approximate surface area is 60.4 Å². The van der Waals surface area contributed by atoms with Gasteiger partial charge < -0.3 is 5.73 Å². The summed E-state index contributed by atoms with van der Waals surface area (Å²) in [5, 5.41) is -0.223. The molecule has 54 valence electrons. The van der Waals surface area contributed by atoms with Crippen LogP contribution in [0.2, 0.25) is 0 Å². The highest BCUT2D eigenvalue weighted by Crippen LogP contribution is 2.00. The molecule has 0 aromatic carbocycles. The van der Waals surface area contributed by atoms with Gasteiger partial charge in [-0.25, -0.2) is 0 Å². The number of rotatable bonds is 5. The van der Waals surface area contributed by atoms with Crippen molar-refractivity contribution >= 4 is 16.8 Å². The topological polar surface area (TPSA) is 44.7 Å². The van der Waals surface area contributed by atoms with E-state index in [1.165, 1.54) is 0 Å². The van der Waals surface area contributed by atoms with E-state index in [2.05, 4.69) is 5.73 Å². The molecule has 0 fully saturated rings. The van der Waals surface area contributed by atoms with E-state index >= 15 is 0 Å². The molecule has 0 atom stereocenters. The maximum Gasteiger partial charge on any atom is 0.221 e. The number of halogens is 1. The molecular weight excluding hydrogens is 138 g/mol. The number of quaternary nitrogens is 1. The SMILES string of the molecule is [NH3+]CCCCCC(=O)Cl. The summed E-state index contributed by atoms with van der Waals surface area (Å²) in [5.41, 5.74) is 3.68. The summed E-state index contributed by atoms with van der Waals surface area (Å²) >= 11 is 5.10. The fourth-order valence-corrected chi connectivity index (χ4v) is 0.751. The molecule has 0 rings (SSSR count). The summed E-state index contributed by atoms with van der Waals surface area (Å²) in [6.07, 6.45) is 3.60. The lowest BCUT2D eigenvalue weighted by molar-refractivity contribution is -0.368. The van der Waals surface area contributed by atoms with Gasteiger partial charge in [-0.1, -0.05) is 0 Å². The molecule has 0 aromatic heterocycles. The van der Waals surface area contributed by atoms with Crippen LogP contribution in [0.25, 0.3) is 0 Å². The zero-order valence-corrected chi connectivity index (χ0v) is 6.28. The first-order valence-corrected chi connectivity index (χ1v) is 3.62. The molecule has 0 saturated heterocycles. The van der Waals surface area contributed by atoms with E-state index in [-0.39, 0.29) is 5.24 Å². The maximum absolute atomic E-state index is 10.2. The van der Waals surface area contributed by atoms with Crippen molar-refractivity contribution in [2.45, 2.75) is 25.7 Å². The van der Waals surface area contributed by atoms with Crippen molar-refractivity contribution in [3.63, 3.8) is 0 Å². The molecule has 0 radical (unpaired) electrons. The Balaban J connectivity index is 2.83. The Morgan fingerprint density at radius 1 is 1.33 bits per heavy atom. The van der Waals surface area contributed by atoms with E-state index in [4.69, 9.17) is 11.6 Å².